The highest BCUT2D eigenvalue weighted by Crippen LogP contribution is 2.75. The van der Waals surface area contributed by atoms with Crippen LogP contribution >= 0.6 is 11.6 Å². The van der Waals surface area contributed by atoms with Crippen LogP contribution in [0.25, 0.3) is 0 Å². The van der Waals surface area contributed by atoms with Crippen molar-refractivity contribution in [2.45, 2.75) is 113 Å². The molecule has 8 nitrogen and oxygen atoms in total. The van der Waals surface area contributed by atoms with Crippen LogP contribution in [0.2, 0.25) is 5.02 Å². The van der Waals surface area contributed by atoms with Gasteiger partial charge in [0.05, 0.1) is 5.92 Å². The number of hydrogen-bond donors (Lipinski definition) is 2. The highest BCUT2D eigenvalue weighted by molar-refractivity contribution is 6.42. The van der Waals surface area contributed by atoms with E-state index in [1.54, 1.807) is 12.1 Å². The van der Waals surface area contributed by atoms with E-state index in [0.29, 0.717) is 23.3 Å². The van der Waals surface area contributed by atoms with Crippen LogP contribution in [0, 0.1) is 57.2 Å². The number of hydrogen-bond acceptors (Lipinski definition) is 6. The van der Waals surface area contributed by atoms with Gasteiger partial charge in [-0.25, -0.2) is 0 Å². The lowest BCUT2D eigenvalue weighted by Crippen LogP contribution is -2.65. The molecule has 0 aliphatic heterocycles. The van der Waals surface area contributed by atoms with Crippen LogP contribution in [-0.4, -0.2) is 35.5 Å². The van der Waals surface area contributed by atoms with Gasteiger partial charge in [-0.15, -0.1) is 0 Å². The van der Waals surface area contributed by atoms with Crippen molar-refractivity contribution in [2.75, 3.05) is 0 Å². The number of hydrazine groups is 1. The summed E-state index contributed by atoms with van der Waals surface area (Å²) >= 11 is 5.92. The lowest BCUT2D eigenvalue weighted by atomic mass is 9.33. The van der Waals surface area contributed by atoms with E-state index < -0.39 is 23.5 Å². The number of rotatable bonds is 5. The molecule has 0 radical (unpaired) electrons. The fourth-order valence-corrected chi connectivity index (χ4v) is 12.4. The van der Waals surface area contributed by atoms with Gasteiger partial charge in [0, 0.05) is 22.9 Å². The number of allylic oxidation sites excluding steroid dienone is 2. The van der Waals surface area contributed by atoms with Gasteiger partial charge in [-0.3, -0.25) is 34.8 Å². The summed E-state index contributed by atoms with van der Waals surface area (Å²) in [5, 5.41) is 0.472. The van der Waals surface area contributed by atoms with Gasteiger partial charge < -0.3 is 4.74 Å². The monoisotopic (exact) mass is 692 g/mol. The number of carbonyl (C=O) groups excluding carboxylic acids is 5. The Balaban J connectivity index is 1.25. The van der Waals surface area contributed by atoms with Crippen LogP contribution < -0.4 is 10.9 Å². The van der Waals surface area contributed by atoms with Gasteiger partial charge in [0.25, 0.3) is 5.91 Å². The number of nitrogens with one attached hydrogen (secondary N) is 2. The maximum atomic E-state index is 14.2. The van der Waals surface area contributed by atoms with Crippen molar-refractivity contribution in [2.24, 2.45) is 57.2 Å². The molecule has 5 aliphatic carbocycles. The molecule has 1 unspecified atom stereocenters. The zero-order valence-corrected chi connectivity index (χ0v) is 31.1. The van der Waals surface area contributed by atoms with Crippen LogP contribution in [0.3, 0.4) is 0 Å². The number of carbonyl (C=O) groups is 5. The molecular weight excluding hydrogens is 640 g/mol. The van der Waals surface area contributed by atoms with Crippen molar-refractivity contribution in [1.29, 1.82) is 0 Å². The first kappa shape index (κ1) is 35.8. The van der Waals surface area contributed by atoms with Crippen LogP contribution in [0.4, 0.5) is 0 Å². The largest absolute Gasteiger partial charge is 0.462 e. The number of halogens is 1. The Morgan fingerprint density at radius 3 is 2.12 bits per heavy atom. The van der Waals surface area contributed by atoms with Gasteiger partial charge in [0.1, 0.15) is 6.10 Å². The molecule has 4 saturated carbocycles. The number of Topliss-reactive ketones (excluding diaryl/α,β-unsaturated/α-hetero) is 2. The average Bonchev–Trinajstić information content (AvgIpc) is 3.33. The standard InChI is InChI=1S/C40H53ClN2O6/c1-21(2)30-31-25(32(33(30)45)34(46)36(48)43-42-35(47)23-9-11-24(41)12-10-23)15-19-39(7)26(31)13-14-28-38(6)18-17-29(49-22(3)44)37(4,5)27(38)16-20-40(28,39)8/h9-12,21,25-29,32H,13-20H2,1-8H3,(H,42,47)(H,43,48)/t25?,26-,27+,28-,29+,32+,38+,39-,40-/m1/s1. The number of fused-ring (bicyclic) bond motifs is 7. The number of esters is 1. The van der Waals surface area contributed by atoms with Crippen LogP contribution in [-0.2, 0) is 23.9 Å². The lowest BCUT2D eigenvalue weighted by molar-refractivity contribution is -0.231. The molecule has 2 N–H and O–H groups in total. The highest BCUT2D eigenvalue weighted by Gasteiger charge is 2.69. The first-order valence-corrected chi connectivity index (χ1v) is 18.6. The Bertz CT molecular complexity index is 1610. The minimum Gasteiger partial charge on any atom is -0.462 e. The summed E-state index contributed by atoms with van der Waals surface area (Å²) in [5.74, 6) is -3.15. The molecule has 0 bridgehead atoms. The third kappa shape index (κ3) is 5.41. The normalized spacial score (nSPS) is 37.7. The predicted molar refractivity (Wildman–Crippen MR) is 187 cm³/mol. The third-order valence-corrected chi connectivity index (χ3v) is 14.9. The van der Waals surface area contributed by atoms with Crippen molar-refractivity contribution in [3.63, 3.8) is 0 Å². The van der Waals surface area contributed by atoms with Gasteiger partial charge in [0.15, 0.2) is 5.78 Å². The molecule has 5 aliphatic rings. The van der Waals surface area contributed by atoms with E-state index in [2.05, 4.69) is 45.5 Å². The summed E-state index contributed by atoms with van der Waals surface area (Å²) in [4.78, 5) is 65.8. The Labute approximate surface area is 295 Å². The average molecular weight is 693 g/mol. The molecule has 1 aromatic carbocycles. The van der Waals surface area contributed by atoms with Gasteiger partial charge in [-0.05, 0) is 127 Å². The van der Waals surface area contributed by atoms with Crippen LogP contribution in [0.5, 0.6) is 0 Å². The van der Waals surface area contributed by atoms with Crippen LogP contribution in [0.1, 0.15) is 117 Å². The maximum Gasteiger partial charge on any atom is 0.306 e. The summed E-state index contributed by atoms with van der Waals surface area (Å²) in [5.41, 5.74) is 6.67. The van der Waals surface area contributed by atoms with Crippen molar-refractivity contribution >= 4 is 41.0 Å². The Morgan fingerprint density at radius 2 is 1.49 bits per heavy atom. The van der Waals surface area contributed by atoms with E-state index in [1.807, 2.05) is 13.8 Å². The lowest BCUT2D eigenvalue weighted by Gasteiger charge is -2.71. The maximum absolute atomic E-state index is 14.2. The summed E-state index contributed by atoms with van der Waals surface area (Å²) in [6, 6.07) is 6.17. The molecule has 1 aromatic rings. The van der Waals surface area contributed by atoms with E-state index >= 15 is 0 Å². The molecule has 0 spiro atoms. The molecule has 9 heteroatoms. The first-order chi connectivity index (χ1) is 22.9. The third-order valence-electron chi connectivity index (χ3n) is 14.6. The van der Waals surface area contributed by atoms with Gasteiger partial charge in [-0.2, -0.15) is 0 Å². The molecule has 0 heterocycles. The summed E-state index contributed by atoms with van der Waals surface area (Å²) in [6.45, 7) is 17.6. The van der Waals surface area contributed by atoms with Gasteiger partial charge in [0.2, 0.25) is 5.78 Å². The molecule has 6 rings (SSSR count). The van der Waals surface area contributed by atoms with Gasteiger partial charge in [-0.1, -0.05) is 65.6 Å². The van der Waals surface area contributed by atoms with Crippen LogP contribution in [0.15, 0.2) is 35.4 Å². The Hall–Kier alpha value is -3.00. The van der Waals surface area contributed by atoms with Crippen molar-refractivity contribution < 1.29 is 28.7 Å². The second-order valence-corrected chi connectivity index (χ2v) is 17.8. The number of ketones is 2. The number of benzene rings is 1. The summed E-state index contributed by atoms with van der Waals surface area (Å²) < 4.78 is 5.90. The summed E-state index contributed by atoms with van der Waals surface area (Å²) in [7, 11) is 0. The fraction of sp³-hybridized carbons (Fsp3) is 0.675. The smallest absolute Gasteiger partial charge is 0.306 e. The van der Waals surface area contributed by atoms with E-state index in [1.165, 1.54) is 19.1 Å². The molecular formula is C40H53ClN2O6. The molecule has 4 fully saturated rings. The fourth-order valence-electron chi connectivity index (χ4n) is 12.3. The number of ether oxygens (including phenoxy) is 1. The minimum atomic E-state index is -1.07. The van der Waals surface area contributed by atoms with E-state index in [-0.39, 0.29) is 62.8 Å². The van der Waals surface area contributed by atoms with Crippen molar-refractivity contribution in [3.8, 4) is 0 Å². The zero-order chi connectivity index (χ0) is 35.8. The number of amides is 2. The second-order valence-electron chi connectivity index (χ2n) is 17.4. The molecule has 2 amide bonds. The van der Waals surface area contributed by atoms with Crippen molar-refractivity contribution in [1.82, 2.24) is 10.9 Å². The Morgan fingerprint density at radius 1 is 0.837 bits per heavy atom. The molecule has 266 valence electrons. The van der Waals surface area contributed by atoms with E-state index in [0.717, 1.165) is 56.1 Å². The first-order valence-electron chi connectivity index (χ1n) is 18.2. The van der Waals surface area contributed by atoms with E-state index in [4.69, 9.17) is 16.3 Å². The second kappa shape index (κ2) is 12.3. The quantitative estimate of drug-likeness (QED) is 0.143. The topological polar surface area (TPSA) is 119 Å². The minimum absolute atomic E-state index is 0.0278. The zero-order valence-electron chi connectivity index (χ0n) is 30.3. The molecule has 49 heavy (non-hydrogen) atoms. The summed E-state index contributed by atoms with van der Waals surface area (Å²) in [6.07, 6.45) is 7.52. The van der Waals surface area contributed by atoms with Crippen molar-refractivity contribution in [3.05, 3.63) is 46.0 Å². The Kier molecular flexibility index (Phi) is 9.02. The predicted octanol–water partition coefficient (Wildman–Crippen LogP) is 7.44. The SMILES string of the molecule is CC(=O)O[C@H]1CC[C@]2(C)[C@H]3CC[C@@H]4C5=C(C(C)C)C(=O)[C@@H](C(=O)C(=O)NNC(=O)c6ccc(Cl)cc6)C5CC[C@@]4(C)[C@]3(C)CC[C@H]2C1(C)C. The molecule has 0 saturated heterocycles. The van der Waals surface area contributed by atoms with E-state index in [9.17, 15) is 24.0 Å². The molecule has 9 atom stereocenters. The van der Waals surface area contributed by atoms with Gasteiger partial charge >= 0.3 is 11.9 Å². The molecule has 0 aromatic heterocycles. The highest BCUT2D eigenvalue weighted by atomic mass is 35.5.